The zero-order valence-corrected chi connectivity index (χ0v) is 10.9. The molecule has 1 aromatic heterocycles. The molecule has 0 saturated heterocycles. The van der Waals surface area contributed by atoms with E-state index in [0.29, 0.717) is 5.75 Å². The third-order valence-corrected chi connectivity index (χ3v) is 3.11. The predicted octanol–water partition coefficient (Wildman–Crippen LogP) is 3.09. The van der Waals surface area contributed by atoms with Crippen LogP contribution in [0.25, 0.3) is 0 Å². The molecule has 98 valence electrons. The van der Waals surface area contributed by atoms with Crippen molar-refractivity contribution in [2.24, 2.45) is 0 Å². The molecule has 0 aliphatic carbocycles. The van der Waals surface area contributed by atoms with Crippen molar-refractivity contribution in [2.45, 2.75) is 4.90 Å². The van der Waals surface area contributed by atoms with Crippen molar-refractivity contribution < 1.29 is 9.66 Å². The van der Waals surface area contributed by atoms with Gasteiger partial charge in [0.05, 0.1) is 4.92 Å². The summed E-state index contributed by atoms with van der Waals surface area (Å²) >= 11 is 1.48. The summed E-state index contributed by atoms with van der Waals surface area (Å²) in [5.41, 5.74) is 5.32. The van der Waals surface area contributed by atoms with E-state index in [0.717, 1.165) is 4.90 Å². The number of anilines is 1. The fourth-order valence-electron chi connectivity index (χ4n) is 1.47. The molecule has 0 saturated carbocycles. The molecular weight excluding hydrogens is 266 g/mol. The van der Waals surface area contributed by atoms with Crippen molar-refractivity contribution in [2.75, 3.05) is 12.0 Å². The van der Waals surface area contributed by atoms with E-state index < -0.39 is 4.92 Å². The van der Waals surface area contributed by atoms with E-state index in [4.69, 9.17) is 10.5 Å². The first-order valence-corrected chi connectivity index (χ1v) is 6.56. The molecule has 1 aromatic carbocycles. The minimum atomic E-state index is -0.552. The molecule has 2 N–H and O–H groups in total. The van der Waals surface area contributed by atoms with Crippen LogP contribution in [-0.4, -0.2) is 16.2 Å². The number of nitrogen functional groups attached to an aromatic ring is 1. The maximum Gasteiger partial charge on any atom is 0.331 e. The van der Waals surface area contributed by atoms with Crippen LogP contribution in [-0.2, 0) is 0 Å². The van der Waals surface area contributed by atoms with Crippen LogP contribution in [0.3, 0.4) is 0 Å². The molecule has 0 atom stereocenters. The number of nitro groups is 1. The molecular formula is C12H11N3O3S. The molecule has 0 bridgehead atoms. The summed E-state index contributed by atoms with van der Waals surface area (Å²) < 4.78 is 5.52. The fourth-order valence-corrected chi connectivity index (χ4v) is 1.99. The van der Waals surface area contributed by atoms with E-state index in [-0.39, 0.29) is 17.4 Å². The predicted molar refractivity (Wildman–Crippen MR) is 73.6 cm³/mol. The Morgan fingerprint density at radius 1 is 1.32 bits per heavy atom. The summed E-state index contributed by atoms with van der Waals surface area (Å²) in [4.78, 5) is 15.1. The topological polar surface area (TPSA) is 91.3 Å². The molecule has 6 nitrogen and oxygen atoms in total. The number of pyridine rings is 1. The number of hydrogen-bond donors (Lipinski definition) is 1. The van der Waals surface area contributed by atoms with Crippen LogP contribution in [0.1, 0.15) is 0 Å². The van der Waals surface area contributed by atoms with E-state index in [2.05, 4.69) is 4.98 Å². The Morgan fingerprint density at radius 3 is 2.74 bits per heavy atom. The van der Waals surface area contributed by atoms with Crippen LogP contribution in [0.15, 0.2) is 41.3 Å². The van der Waals surface area contributed by atoms with E-state index >= 15 is 0 Å². The highest BCUT2D eigenvalue weighted by Crippen LogP contribution is 2.34. The van der Waals surface area contributed by atoms with Crippen molar-refractivity contribution in [3.63, 3.8) is 0 Å². The van der Waals surface area contributed by atoms with Gasteiger partial charge < -0.3 is 10.5 Å². The molecule has 7 heteroatoms. The maximum atomic E-state index is 10.9. The third kappa shape index (κ3) is 2.94. The van der Waals surface area contributed by atoms with Crippen molar-refractivity contribution >= 4 is 23.3 Å². The van der Waals surface area contributed by atoms with E-state index in [1.54, 1.807) is 12.1 Å². The summed E-state index contributed by atoms with van der Waals surface area (Å²) in [7, 11) is 0. The second kappa shape index (κ2) is 5.57. The van der Waals surface area contributed by atoms with Gasteiger partial charge in [-0.1, -0.05) is 12.1 Å². The first-order valence-electron chi connectivity index (χ1n) is 5.33. The molecule has 1 heterocycles. The molecule has 2 rings (SSSR count). The van der Waals surface area contributed by atoms with Gasteiger partial charge in [0.1, 0.15) is 11.6 Å². The lowest BCUT2D eigenvalue weighted by atomic mass is 10.3. The number of rotatable bonds is 4. The van der Waals surface area contributed by atoms with Crippen molar-refractivity contribution in [1.82, 2.24) is 4.98 Å². The molecule has 0 spiro atoms. The monoisotopic (exact) mass is 277 g/mol. The molecule has 19 heavy (non-hydrogen) atoms. The normalized spacial score (nSPS) is 10.2. The van der Waals surface area contributed by atoms with Crippen LogP contribution < -0.4 is 10.5 Å². The van der Waals surface area contributed by atoms with Gasteiger partial charge in [-0.25, -0.2) is 0 Å². The van der Waals surface area contributed by atoms with Gasteiger partial charge in [-0.15, -0.1) is 11.8 Å². The molecule has 0 amide bonds. The number of para-hydroxylation sites is 1. The maximum absolute atomic E-state index is 10.9. The van der Waals surface area contributed by atoms with E-state index in [1.165, 1.54) is 23.9 Å². The number of thioether (sulfide) groups is 1. The van der Waals surface area contributed by atoms with Gasteiger partial charge in [-0.2, -0.15) is 4.98 Å². The van der Waals surface area contributed by atoms with Crippen molar-refractivity contribution in [1.29, 1.82) is 0 Å². The molecule has 0 unspecified atom stereocenters. The van der Waals surface area contributed by atoms with Crippen LogP contribution >= 0.6 is 11.8 Å². The van der Waals surface area contributed by atoms with Gasteiger partial charge >= 0.3 is 11.6 Å². The smallest absolute Gasteiger partial charge is 0.331 e. The first kappa shape index (κ1) is 13.2. The molecule has 2 aromatic rings. The van der Waals surface area contributed by atoms with Crippen LogP contribution in [0.5, 0.6) is 11.6 Å². The lowest BCUT2D eigenvalue weighted by Gasteiger charge is -2.08. The number of nitrogens with two attached hydrogens (primary N) is 1. The summed E-state index contributed by atoms with van der Waals surface area (Å²) in [6.07, 6.45) is 1.89. The molecule has 0 aliphatic rings. The minimum Gasteiger partial charge on any atom is -0.432 e. The second-order valence-corrected chi connectivity index (χ2v) is 4.42. The highest BCUT2D eigenvalue weighted by molar-refractivity contribution is 7.98. The quantitative estimate of drug-likeness (QED) is 0.524. The van der Waals surface area contributed by atoms with Gasteiger partial charge in [-0.3, -0.25) is 10.1 Å². The Balaban J connectivity index is 2.42. The summed E-state index contributed by atoms with van der Waals surface area (Å²) in [5.74, 6) is 0.574. The van der Waals surface area contributed by atoms with Gasteiger partial charge in [0, 0.05) is 11.0 Å². The largest absolute Gasteiger partial charge is 0.432 e. The highest BCUT2D eigenvalue weighted by Gasteiger charge is 2.18. The summed E-state index contributed by atoms with van der Waals surface area (Å²) in [6.45, 7) is 0. The molecule has 0 fully saturated rings. The number of hydrogen-bond acceptors (Lipinski definition) is 6. The average Bonchev–Trinajstić information content (AvgIpc) is 2.39. The Kier molecular flexibility index (Phi) is 3.86. The second-order valence-electron chi connectivity index (χ2n) is 3.57. The van der Waals surface area contributed by atoms with E-state index in [9.17, 15) is 10.1 Å². The van der Waals surface area contributed by atoms with Crippen molar-refractivity contribution in [3.05, 3.63) is 46.5 Å². The van der Waals surface area contributed by atoms with Crippen LogP contribution in [0.2, 0.25) is 0 Å². The summed E-state index contributed by atoms with van der Waals surface area (Å²) in [5, 5.41) is 10.9. The highest BCUT2D eigenvalue weighted by atomic mass is 32.2. The number of aromatic nitrogens is 1. The van der Waals surface area contributed by atoms with Crippen molar-refractivity contribution in [3.8, 4) is 11.6 Å². The molecule has 0 radical (unpaired) electrons. The first-order chi connectivity index (χ1) is 9.11. The fraction of sp³-hybridized carbons (Fsp3) is 0.0833. The number of ether oxygens (including phenoxy) is 1. The molecule has 0 aliphatic heterocycles. The minimum absolute atomic E-state index is 0.105. The average molecular weight is 277 g/mol. The Morgan fingerprint density at radius 2 is 2.05 bits per heavy atom. The Labute approximate surface area is 113 Å². The standard InChI is InChI=1S/C12H11N3O3S/c1-19-10-5-3-2-4-9(10)18-12-8(15(16)17)6-7-11(13)14-12/h2-7H,1H3,(H2,13,14). The SMILES string of the molecule is CSc1ccccc1Oc1nc(N)ccc1[N+](=O)[O-]. The Bertz CT molecular complexity index is 619. The Hall–Kier alpha value is -2.28. The van der Waals surface area contributed by atoms with Gasteiger partial charge in [-0.05, 0) is 24.5 Å². The number of benzene rings is 1. The van der Waals surface area contributed by atoms with Gasteiger partial charge in [0.15, 0.2) is 0 Å². The lowest BCUT2D eigenvalue weighted by molar-refractivity contribution is -0.386. The van der Waals surface area contributed by atoms with Crippen LogP contribution in [0, 0.1) is 10.1 Å². The zero-order valence-electron chi connectivity index (χ0n) is 10.1. The summed E-state index contributed by atoms with van der Waals surface area (Å²) in [6, 6.07) is 9.87. The lowest BCUT2D eigenvalue weighted by Crippen LogP contribution is -1.99. The third-order valence-electron chi connectivity index (χ3n) is 2.33. The van der Waals surface area contributed by atoms with E-state index in [1.807, 2.05) is 18.4 Å². The zero-order chi connectivity index (χ0) is 13.8. The van der Waals surface area contributed by atoms with Gasteiger partial charge in [0.25, 0.3) is 0 Å². The van der Waals surface area contributed by atoms with Gasteiger partial charge in [0.2, 0.25) is 0 Å². The number of nitrogens with zero attached hydrogens (tertiary/aromatic N) is 2. The van der Waals surface area contributed by atoms with Crippen LogP contribution in [0.4, 0.5) is 11.5 Å².